The van der Waals surface area contributed by atoms with E-state index >= 15 is 0 Å². The minimum Gasteiger partial charge on any atom is -0.465 e. The van der Waals surface area contributed by atoms with Crippen molar-refractivity contribution in [2.45, 2.75) is 45.7 Å². The Kier molecular flexibility index (Phi) is 5.24. The van der Waals surface area contributed by atoms with Gasteiger partial charge in [0.05, 0.1) is 18.0 Å². The maximum atomic E-state index is 12.8. The fourth-order valence-corrected chi connectivity index (χ4v) is 4.14. The molecule has 0 spiro atoms. The molecule has 1 aromatic heterocycles. The average Bonchev–Trinajstić information content (AvgIpc) is 3.27. The summed E-state index contributed by atoms with van der Waals surface area (Å²) in [6.45, 7) is 6.89. The lowest BCUT2D eigenvalue weighted by Crippen LogP contribution is -2.53. The van der Waals surface area contributed by atoms with Crippen LogP contribution < -0.4 is 5.32 Å². The quantitative estimate of drug-likeness (QED) is 0.654. The lowest BCUT2D eigenvalue weighted by Gasteiger charge is -2.28. The van der Waals surface area contributed by atoms with Gasteiger partial charge in [-0.15, -0.1) is 0 Å². The zero-order chi connectivity index (χ0) is 20.4. The molecule has 1 N–H and O–H groups in total. The Hall–Kier alpha value is -2.92. The van der Waals surface area contributed by atoms with Crippen LogP contribution in [-0.2, 0) is 28.9 Å². The van der Waals surface area contributed by atoms with Gasteiger partial charge in [-0.1, -0.05) is 36.4 Å². The molecule has 0 saturated heterocycles. The van der Waals surface area contributed by atoms with Crippen molar-refractivity contribution in [2.75, 3.05) is 6.61 Å². The van der Waals surface area contributed by atoms with Crippen molar-refractivity contribution >= 4 is 5.97 Å². The van der Waals surface area contributed by atoms with Gasteiger partial charge in [0.25, 0.3) is 0 Å². The van der Waals surface area contributed by atoms with Gasteiger partial charge in [-0.25, -0.2) is 4.68 Å². The van der Waals surface area contributed by atoms with E-state index in [0.29, 0.717) is 26.0 Å². The third-order valence-electron chi connectivity index (χ3n) is 5.59. The van der Waals surface area contributed by atoms with Gasteiger partial charge in [-0.05, 0) is 55.7 Å². The van der Waals surface area contributed by atoms with Crippen LogP contribution in [-0.4, -0.2) is 27.9 Å². The van der Waals surface area contributed by atoms with Gasteiger partial charge in [-0.2, -0.15) is 5.10 Å². The number of fused-ring (bicyclic) bond motifs is 1. The highest BCUT2D eigenvalue weighted by Crippen LogP contribution is 2.31. The standard InChI is InChI=1S/C24H27N3O2/c1-4-29-23(28)24(14-20-7-5-6-8-21(20)15-24)25-16-19-9-11-22(12-10-19)27-18(3)13-17(2)26-27/h5-13,25H,4,14-16H2,1-3H3. The van der Waals surface area contributed by atoms with Crippen LogP contribution in [0.3, 0.4) is 0 Å². The summed E-state index contributed by atoms with van der Waals surface area (Å²) in [5.74, 6) is -0.171. The van der Waals surface area contributed by atoms with E-state index in [1.807, 2.05) is 30.7 Å². The lowest BCUT2D eigenvalue weighted by atomic mass is 9.95. The number of aromatic nitrogens is 2. The summed E-state index contributed by atoms with van der Waals surface area (Å²) in [5, 5.41) is 8.06. The van der Waals surface area contributed by atoms with E-state index in [9.17, 15) is 4.79 Å². The van der Waals surface area contributed by atoms with E-state index < -0.39 is 5.54 Å². The van der Waals surface area contributed by atoms with Crippen molar-refractivity contribution in [3.8, 4) is 5.69 Å². The number of esters is 1. The number of aryl methyl sites for hydroxylation is 2. The molecule has 5 nitrogen and oxygen atoms in total. The summed E-state index contributed by atoms with van der Waals surface area (Å²) < 4.78 is 7.37. The average molecular weight is 389 g/mol. The minimum absolute atomic E-state index is 0.171. The van der Waals surface area contributed by atoms with E-state index in [1.165, 1.54) is 11.1 Å². The van der Waals surface area contributed by atoms with Gasteiger partial charge < -0.3 is 4.74 Å². The van der Waals surface area contributed by atoms with E-state index in [2.05, 4.69) is 59.8 Å². The first-order valence-corrected chi connectivity index (χ1v) is 10.1. The first-order chi connectivity index (χ1) is 14.0. The summed E-state index contributed by atoms with van der Waals surface area (Å²) in [6, 6.07) is 18.6. The van der Waals surface area contributed by atoms with Crippen LogP contribution >= 0.6 is 0 Å². The van der Waals surface area contributed by atoms with Crippen LogP contribution in [0.4, 0.5) is 0 Å². The third kappa shape index (κ3) is 3.83. The number of ether oxygens (including phenoxy) is 1. The van der Waals surface area contributed by atoms with Crippen molar-refractivity contribution in [1.82, 2.24) is 15.1 Å². The van der Waals surface area contributed by atoms with Crippen molar-refractivity contribution in [1.29, 1.82) is 0 Å². The maximum Gasteiger partial charge on any atom is 0.327 e. The number of rotatable bonds is 6. The molecule has 0 unspecified atom stereocenters. The first kappa shape index (κ1) is 19.4. The highest BCUT2D eigenvalue weighted by Gasteiger charge is 2.44. The molecule has 3 aromatic rings. The van der Waals surface area contributed by atoms with Crippen LogP contribution in [0.15, 0.2) is 54.6 Å². The molecular formula is C24H27N3O2. The fourth-order valence-electron chi connectivity index (χ4n) is 4.14. The second-order valence-electron chi connectivity index (χ2n) is 7.78. The lowest BCUT2D eigenvalue weighted by molar-refractivity contribution is -0.151. The molecule has 0 radical (unpaired) electrons. The Bertz CT molecular complexity index is 996. The van der Waals surface area contributed by atoms with Gasteiger partial charge in [0, 0.05) is 25.1 Å². The molecule has 2 aromatic carbocycles. The molecule has 1 heterocycles. The molecule has 0 bridgehead atoms. The number of carbonyl (C=O) groups excluding carboxylic acids is 1. The van der Waals surface area contributed by atoms with Crippen molar-refractivity contribution < 1.29 is 9.53 Å². The summed E-state index contributed by atoms with van der Waals surface area (Å²) >= 11 is 0. The summed E-state index contributed by atoms with van der Waals surface area (Å²) in [7, 11) is 0. The highest BCUT2D eigenvalue weighted by atomic mass is 16.5. The van der Waals surface area contributed by atoms with Gasteiger partial charge in [0.2, 0.25) is 0 Å². The fraction of sp³-hybridized carbons (Fsp3) is 0.333. The molecule has 1 aliphatic rings. The van der Waals surface area contributed by atoms with Gasteiger partial charge >= 0.3 is 5.97 Å². The predicted molar refractivity (Wildman–Crippen MR) is 113 cm³/mol. The topological polar surface area (TPSA) is 56.1 Å². The first-order valence-electron chi connectivity index (χ1n) is 10.1. The predicted octanol–water partition coefficient (Wildman–Crippen LogP) is 3.68. The zero-order valence-electron chi connectivity index (χ0n) is 17.2. The van der Waals surface area contributed by atoms with Gasteiger partial charge in [0.1, 0.15) is 5.54 Å². The third-order valence-corrected chi connectivity index (χ3v) is 5.59. The number of hydrogen-bond donors (Lipinski definition) is 1. The van der Waals surface area contributed by atoms with Gasteiger partial charge in [-0.3, -0.25) is 10.1 Å². The second kappa shape index (κ2) is 7.84. The number of carbonyl (C=O) groups is 1. The molecule has 0 fully saturated rings. The van der Waals surface area contributed by atoms with E-state index in [1.54, 1.807) is 0 Å². The number of benzene rings is 2. The van der Waals surface area contributed by atoms with Crippen LogP contribution in [0.2, 0.25) is 0 Å². The van der Waals surface area contributed by atoms with Crippen LogP contribution in [0.25, 0.3) is 5.69 Å². The smallest absolute Gasteiger partial charge is 0.327 e. The Labute approximate surface area is 171 Å². The van der Waals surface area contributed by atoms with Gasteiger partial charge in [0.15, 0.2) is 0 Å². The van der Waals surface area contributed by atoms with Crippen molar-refractivity contribution in [3.05, 3.63) is 82.7 Å². The van der Waals surface area contributed by atoms with E-state index in [0.717, 1.165) is 22.6 Å². The summed E-state index contributed by atoms with van der Waals surface area (Å²) in [4.78, 5) is 12.8. The molecule has 1 aliphatic carbocycles. The van der Waals surface area contributed by atoms with Crippen LogP contribution in [0, 0.1) is 13.8 Å². The summed E-state index contributed by atoms with van der Waals surface area (Å²) in [6.07, 6.45) is 1.32. The molecule has 5 heteroatoms. The highest BCUT2D eigenvalue weighted by molar-refractivity contribution is 5.83. The van der Waals surface area contributed by atoms with Crippen LogP contribution in [0.1, 0.15) is 35.0 Å². The molecule has 4 rings (SSSR count). The number of hydrogen-bond acceptors (Lipinski definition) is 4. The Morgan fingerprint density at radius 3 is 2.31 bits per heavy atom. The molecular weight excluding hydrogens is 362 g/mol. The maximum absolute atomic E-state index is 12.8. The van der Waals surface area contributed by atoms with E-state index in [4.69, 9.17) is 4.74 Å². The number of nitrogens with zero attached hydrogens (tertiary/aromatic N) is 2. The van der Waals surface area contributed by atoms with Crippen molar-refractivity contribution in [3.63, 3.8) is 0 Å². The molecule has 29 heavy (non-hydrogen) atoms. The molecule has 0 amide bonds. The largest absolute Gasteiger partial charge is 0.465 e. The molecule has 150 valence electrons. The van der Waals surface area contributed by atoms with Crippen LogP contribution in [0.5, 0.6) is 0 Å². The monoisotopic (exact) mass is 389 g/mol. The molecule has 0 aliphatic heterocycles. The molecule has 0 atom stereocenters. The minimum atomic E-state index is -0.700. The van der Waals surface area contributed by atoms with Crippen molar-refractivity contribution in [2.24, 2.45) is 0 Å². The zero-order valence-corrected chi connectivity index (χ0v) is 17.2. The van der Waals surface area contributed by atoms with E-state index in [-0.39, 0.29) is 5.97 Å². The molecule has 0 saturated carbocycles. The normalized spacial score (nSPS) is 14.6. The Morgan fingerprint density at radius 2 is 1.76 bits per heavy atom. The Morgan fingerprint density at radius 1 is 1.10 bits per heavy atom. The summed E-state index contributed by atoms with van der Waals surface area (Å²) in [5.41, 5.74) is 6.00. The Balaban J connectivity index is 1.51. The SMILES string of the molecule is CCOC(=O)C1(NCc2ccc(-n3nc(C)cc3C)cc2)Cc2ccccc2C1. The number of nitrogens with one attached hydrogen (secondary N) is 1. The second-order valence-corrected chi connectivity index (χ2v) is 7.78.